The van der Waals surface area contributed by atoms with E-state index in [0.29, 0.717) is 0 Å². The van der Waals surface area contributed by atoms with Crippen LogP contribution in [0.25, 0.3) is 79.2 Å². The lowest BCUT2D eigenvalue weighted by Gasteiger charge is -2.29. The van der Waals surface area contributed by atoms with Crippen LogP contribution in [0.15, 0.2) is 206 Å². The average molecular weight is 829 g/mol. The molecule has 3 aliphatic rings. The Morgan fingerprint density at radius 3 is 1.23 bits per heavy atom. The van der Waals surface area contributed by atoms with Crippen molar-refractivity contribution in [2.24, 2.45) is 0 Å². The van der Waals surface area contributed by atoms with Gasteiger partial charge in [-0.3, -0.25) is 0 Å². The molecule has 2 aliphatic heterocycles. The molecule has 13 rings (SSSR count). The standard InChI is InChI=1S/C63H44N2/c1-63(2)55-23-11-10-22-49(55)50-35-32-46(38-56(50)63)62-51-36-33-47(64-57-24-12-6-16-41(57)28-29-42-17-7-13-25-58(42)64)39-53(51)61(45-20-4-3-5-21-45)54-40-48(34-37-52(54)62)65-59-26-14-8-18-43(59)30-31-44-19-9-15-27-60(44)65/h3-40H,1-2H3. The average Bonchev–Trinajstić information content (AvgIpc) is 3.47. The van der Waals surface area contributed by atoms with Crippen LogP contribution in [0.3, 0.4) is 0 Å². The topological polar surface area (TPSA) is 6.48 Å². The molecule has 65 heavy (non-hydrogen) atoms. The van der Waals surface area contributed by atoms with E-state index in [1.165, 1.54) is 88.3 Å². The van der Waals surface area contributed by atoms with Crippen molar-refractivity contribution in [2.75, 3.05) is 9.80 Å². The molecule has 0 saturated heterocycles. The van der Waals surface area contributed by atoms with Crippen LogP contribution in [0.4, 0.5) is 34.1 Å². The van der Waals surface area contributed by atoms with Gasteiger partial charge in [0.1, 0.15) is 0 Å². The van der Waals surface area contributed by atoms with E-state index in [1.807, 2.05) is 0 Å². The molecule has 10 aromatic rings. The van der Waals surface area contributed by atoms with E-state index in [2.05, 4.69) is 254 Å². The van der Waals surface area contributed by atoms with Gasteiger partial charge < -0.3 is 9.80 Å². The van der Waals surface area contributed by atoms with Crippen molar-refractivity contribution in [3.63, 3.8) is 0 Å². The van der Waals surface area contributed by atoms with Crippen LogP contribution in [0.5, 0.6) is 0 Å². The first kappa shape index (κ1) is 37.4. The fourth-order valence-corrected chi connectivity index (χ4v) is 11.1. The van der Waals surface area contributed by atoms with Gasteiger partial charge in [0.2, 0.25) is 0 Å². The molecular formula is C63H44N2. The summed E-state index contributed by atoms with van der Waals surface area (Å²) in [5, 5.41) is 4.87. The number of hydrogen-bond donors (Lipinski definition) is 0. The lowest BCUT2D eigenvalue weighted by Crippen LogP contribution is -2.15. The third kappa shape index (κ3) is 5.74. The van der Waals surface area contributed by atoms with Crippen LogP contribution in [0.2, 0.25) is 0 Å². The summed E-state index contributed by atoms with van der Waals surface area (Å²) in [6.07, 6.45) is 9.00. The molecule has 0 amide bonds. The highest BCUT2D eigenvalue weighted by Gasteiger charge is 2.36. The smallest absolute Gasteiger partial charge is 0.0534 e. The minimum atomic E-state index is -0.138. The Labute approximate surface area is 380 Å². The second-order valence-electron chi connectivity index (χ2n) is 18.1. The molecule has 0 bridgehead atoms. The predicted molar refractivity (Wildman–Crippen MR) is 277 cm³/mol. The Morgan fingerprint density at radius 2 is 0.723 bits per heavy atom. The third-order valence-corrected chi connectivity index (χ3v) is 14.1. The Bertz CT molecular complexity index is 3380. The van der Waals surface area contributed by atoms with Gasteiger partial charge in [-0.25, -0.2) is 0 Å². The van der Waals surface area contributed by atoms with E-state index in [-0.39, 0.29) is 5.41 Å². The summed E-state index contributed by atoms with van der Waals surface area (Å²) >= 11 is 0. The van der Waals surface area contributed by atoms with Gasteiger partial charge in [0, 0.05) is 16.8 Å². The summed E-state index contributed by atoms with van der Waals surface area (Å²) in [5.74, 6) is 0. The zero-order valence-electron chi connectivity index (χ0n) is 36.3. The minimum absolute atomic E-state index is 0.138. The lowest BCUT2D eigenvalue weighted by molar-refractivity contribution is 0.660. The number of para-hydroxylation sites is 4. The molecule has 1 aliphatic carbocycles. The summed E-state index contributed by atoms with van der Waals surface area (Å²) in [5.41, 5.74) is 21.8. The largest absolute Gasteiger partial charge is 0.309 e. The summed E-state index contributed by atoms with van der Waals surface area (Å²) in [6.45, 7) is 4.76. The van der Waals surface area contributed by atoms with Gasteiger partial charge in [-0.1, -0.05) is 190 Å². The molecule has 306 valence electrons. The SMILES string of the molecule is CC1(C)c2ccccc2-c2ccc(-c3c4ccc(N5c6ccccc6C=Cc6ccccc65)cc4c(-c4ccccc4)c4cc(N5c6ccccc6C=Cc6ccccc65)ccc34)cc21. The first-order valence-corrected chi connectivity index (χ1v) is 22.7. The normalized spacial score (nSPS) is 13.9. The van der Waals surface area contributed by atoms with Gasteiger partial charge in [0.15, 0.2) is 0 Å². The molecule has 0 aromatic heterocycles. The van der Waals surface area contributed by atoms with Crippen LogP contribution in [0, 0.1) is 0 Å². The van der Waals surface area contributed by atoms with Crippen molar-refractivity contribution < 1.29 is 0 Å². The van der Waals surface area contributed by atoms with Gasteiger partial charge in [-0.2, -0.15) is 0 Å². The second kappa shape index (κ2) is 14.4. The van der Waals surface area contributed by atoms with Gasteiger partial charge >= 0.3 is 0 Å². The van der Waals surface area contributed by atoms with Crippen LogP contribution in [-0.4, -0.2) is 0 Å². The second-order valence-corrected chi connectivity index (χ2v) is 18.1. The van der Waals surface area contributed by atoms with Crippen molar-refractivity contribution in [2.45, 2.75) is 19.3 Å². The monoisotopic (exact) mass is 828 g/mol. The molecule has 0 N–H and O–H groups in total. The molecule has 0 saturated carbocycles. The molecule has 0 spiro atoms. The van der Waals surface area contributed by atoms with Gasteiger partial charge in [-0.15, -0.1) is 0 Å². The molecule has 0 unspecified atom stereocenters. The van der Waals surface area contributed by atoms with Crippen molar-refractivity contribution in [1.29, 1.82) is 0 Å². The van der Waals surface area contributed by atoms with Crippen LogP contribution in [-0.2, 0) is 5.41 Å². The maximum atomic E-state index is 2.49. The minimum Gasteiger partial charge on any atom is -0.309 e. The van der Waals surface area contributed by atoms with Gasteiger partial charge in [0.05, 0.1) is 22.7 Å². The molecular weight excluding hydrogens is 785 g/mol. The number of fused-ring (bicyclic) bond motifs is 9. The van der Waals surface area contributed by atoms with Crippen LogP contribution >= 0.6 is 0 Å². The molecule has 0 radical (unpaired) electrons. The van der Waals surface area contributed by atoms with E-state index in [1.54, 1.807) is 0 Å². The number of rotatable bonds is 4. The quantitative estimate of drug-likeness (QED) is 0.163. The number of hydrogen-bond acceptors (Lipinski definition) is 2. The highest BCUT2D eigenvalue weighted by molar-refractivity contribution is 6.23. The van der Waals surface area contributed by atoms with Crippen molar-refractivity contribution >= 4 is 80.0 Å². The maximum absolute atomic E-state index is 2.49. The first-order valence-electron chi connectivity index (χ1n) is 22.7. The summed E-state index contributed by atoms with van der Waals surface area (Å²) in [7, 11) is 0. The van der Waals surface area contributed by atoms with E-state index in [4.69, 9.17) is 0 Å². The summed E-state index contributed by atoms with van der Waals surface area (Å²) in [6, 6.07) is 76.6. The highest BCUT2D eigenvalue weighted by atomic mass is 15.2. The number of benzene rings is 10. The molecule has 0 atom stereocenters. The Kier molecular flexibility index (Phi) is 8.29. The number of anilines is 6. The Balaban J connectivity index is 1.14. The third-order valence-electron chi connectivity index (χ3n) is 14.1. The fraction of sp³-hybridized carbons (Fsp3) is 0.0476. The zero-order valence-corrected chi connectivity index (χ0v) is 36.3. The lowest BCUT2D eigenvalue weighted by atomic mass is 9.80. The zero-order chi connectivity index (χ0) is 43.2. The molecule has 2 heteroatoms. The summed E-state index contributed by atoms with van der Waals surface area (Å²) in [4.78, 5) is 4.90. The van der Waals surface area contributed by atoms with Crippen molar-refractivity contribution in [3.05, 3.63) is 240 Å². The molecule has 2 nitrogen and oxygen atoms in total. The van der Waals surface area contributed by atoms with Crippen LogP contribution < -0.4 is 9.80 Å². The molecule has 10 aromatic carbocycles. The fourth-order valence-electron chi connectivity index (χ4n) is 11.1. The molecule has 2 heterocycles. The van der Waals surface area contributed by atoms with Crippen molar-refractivity contribution in [1.82, 2.24) is 0 Å². The maximum Gasteiger partial charge on any atom is 0.0534 e. The Morgan fingerprint density at radius 1 is 0.308 bits per heavy atom. The van der Waals surface area contributed by atoms with E-state index in [9.17, 15) is 0 Å². The van der Waals surface area contributed by atoms with Gasteiger partial charge in [0.25, 0.3) is 0 Å². The van der Waals surface area contributed by atoms with E-state index in [0.717, 1.165) is 34.1 Å². The Hall–Kier alpha value is -8.20. The molecule has 0 fully saturated rings. The van der Waals surface area contributed by atoms with Crippen LogP contribution in [0.1, 0.15) is 47.2 Å². The van der Waals surface area contributed by atoms with E-state index >= 15 is 0 Å². The highest BCUT2D eigenvalue weighted by Crippen LogP contribution is 2.53. The van der Waals surface area contributed by atoms with Gasteiger partial charge in [-0.05, 0) is 143 Å². The summed E-state index contributed by atoms with van der Waals surface area (Å²) < 4.78 is 0. The van der Waals surface area contributed by atoms with Crippen molar-refractivity contribution in [3.8, 4) is 33.4 Å². The number of nitrogens with zero attached hydrogens (tertiary/aromatic N) is 2. The predicted octanol–water partition coefficient (Wildman–Crippen LogP) is 17.5. The first-order chi connectivity index (χ1) is 32.0. The van der Waals surface area contributed by atoms with E-state index < -0.39 is 0 Å².